The summed E-state index contributed by atoms with van der Waals surface area (Å²) in [4.78, 5) is 8.31. The van der Waals surface area contributed by atoms with Crippen molar-refractivity contribution >= 4 is 44.9 Å². The minimum atomic E-state index is 0.614. The van der Waals surface area contributed by atoms with Crippen LogP contribution >= 0.6 is 27.5 Å². The second-order valence-corrected chi connectivity index (χ2v) is 5.06. The Morgan fingerprint density at radius 1 is 1.32 bits per heavy atom. The first kappa shape index (κ1) is 14.0. The maximum absolute atomic E-state index is 6.06. The van der Waals surface area contributed by atoms with Gasteiger partial charge in [0, 0.05) is 15.7 Å². The van der Waals surface area contributed by atoms with Crippen LogP contribution < -0.4 is 16.6 Å². The van der Waals surface area contributed by atoms with Gasteiger partial charge < -0.3 is 10.7 Å². The fourth-order valence-electron chi connectivity index (χ4n) is 1.69. The van der Waals surface area contributed by atoms with E-state index in [2.05, 4.69) is 36.6 Å². The summed E-state index contributed by atoms with van der Waals surface area (Å²) in [5, 5.41) is 3.85. The van der Waals surface area contributed by atoms with Crippen LogP contribution in [-0.4, -0.2) is 9.97 Å². The van der Waals surface area contributed by atoms with E-state index in [4.69, 9.17) is 17.4 Å². The van der Waals surface area contributed by atoms with E-state index >= 15 is 0 Å². The summed E-state index contributed by atoms with van der Waals surface area (Å²) in [6.07, 6.45) is 2.21. The monoisotopic (exact) mass is 341 g/mol. The highest BCUT2D eigenvalue weighted by Gasteiger charge is 2.09. The van der Waals surface area contributed by atoms with Crippen molar-refractivity contribution in [3.05, 3.63) is 39.6 Å². The fourth-order valence-corrected chi connectivity index (χ4v) is 2.12. The van der Waals surface area contributed by atoms with Gasteiger partial charge in [0.2, 0.25) is 0 Å². The van der Waals surface area contributed by atoms with Gasteiger partial charge in [0.05, 0.1) is 5.02 Å². The van der Waals surface area contributed by atoms with Crippen LogP contribution in [0.2, 0.25) is 5.02 Å². The Morgan fingerprint density at radius 2 is 2.05 bits per heavy atom. The highest BCUT2D eigenvalue weighted by Crippen LogP contribution is 2.28. The minimum absolute atomic E-state index is 0.614. The number of aromatic nitrogens is 2. The lowest BCUT2D eigenvalue weighted by Gasteiger charge is -2.13. The molecule has 4 N–H and O–H groups in total. The van der Waals surface area contributed by atoms with E-state index in [0.717, 1.165) is 22.1 Å². The molecule has 0 atom stereocenters. The van der Waals surface area contributed by atoms with Crippen molar-refractivity contribution in [3.63, 3.8) is 0 Å². The molecule has 0 aliphatic heterocycles. The Balaban J connectivity index is 2.35. The summed E-state index contributed by atoms with van der Waals surface area (Å²) < 4.78 is 0.849. The molecule has 0 aliphatic rings. The topological polar surface area (TPSA) is 75.9 Å². The molecule has 7 heteroatoms. The Morgan fingerprint density at radius 3 is 2.68 bits per heavy atom. The number of nitrogens with zero attached hydrogens (tertiary/aromatic N) is 2. The largest absolute Gasteiger partial charge is 0.340 e. The molecule has 1 aromatic carbocycles. The van der Waals surface area contributed by atoms with Crippen molar-refractivity contribution < 1.29 is 0 Å². The smallest absolute Gasteiger partial charge is 0.148 e. The zero-order valence-corrected chi connectivity index (χ0v) is 12.6. The molecule has 5 nitrogen and oxygen atoms in total. The van der Waals surface area contributed by atoms with Crippen molar-refractivity contribution in [3.8, 4) is 0 Å². The molecule has 1 aromatic heterocycles. The molecule has 0 saturated heterocycles. The number of anilines is 3. The van der Waals surface area contributed by atoms with Gasteiger partial charge in [-0.2, -0.15) is 0 Å². The van der Waals surface area contributed by atoms with E-state index in [1.165, 1.54) is 6.33 Å². The number of hydrazine groups is 1. The van der Waals surface area contributed by atoms with Crippen LogP contribution in [0.5, 0.6) is 0 Å². The molecular formula is C12H13BrClN5. The Hall–Kier alpha value is -1.37. The molecule has 0 aliphatic carbocycles. The molecule has 100 valence electrons. The van der Waals surface area contributed by atoms with Crippen molar-refractivity contribution in [2.75, 3.05) is 10.7 Å². The Labute approximate surface area is 124 Å². The number of halogens is 2. The lowest BCUT2D eigenvalue weighted by Crippen LogP contribution is -2.13. The molecule has 0 unspecified atom stereocenters. The van der Waals surface area contributed by atoms with Crippen LogP contribution in [0, 0.1) is 0 Å². The van der Waals surface area contributed by atoms with E-state index in [-0.39, 0.29) is 0 Å². The summed E-state index contributed by atoms with van der Waals surface area (Å²) >= 11 is 9.41. The Bertz CT molecular complexity index is 590. The van der Waals surface area contributed by atoms with Crippen molar-refractivity contribution in [2.24, 2.45) is 5.84 Å². The first-order chi connectivity index (χ1) is 9.15. The van der Waals surface area contributed by atoms with Gasteiger partial charge in [0.15, 0.2) is 0 Å². The van der Waals surface area contributed by atoms with Gasteiger partial charge in [0.1, 0.15) is 18.0 Å². The predicted molar refractivity (Wildman–Crippen MR) is 81.7 cm³/mol. The second kappa shape index (κ2) is 6.18. The minimum Gasteiger partial charge on any atom is -0.340 e. The van der Waals surface area contributed by atoms with Crippen LogP contribution in [0.4, 0.5) is 17.3 Å². The molecule has 19 heavy (non-hydrogen) atoms. The molecular weight excluding hydrogens is 330 g/mol. The van der Waals surface area contributed by atoms with Crippen LogP contribution in [0.15, 0.2) is 29.0 Å². The summed E-state index contributed by atoms with van der Waals surface area (Å²) in [6.45, 7) is 2.01. The first-order valence-electron chi connectivity index (χ1n) is 5.68. The van der Waals surface area contributed by atoms with Crippen LogP contribution in [0.25, 0.3) is 0 Å². The number of hydrogen-bond donors (Lipinski definition) is 3. The summed E-state index contributed by atoms with van der Waals surface area (Å²) in [5.41, 5.74) is 4.34. The number of nitrogens with two attached hydrogens (primary N) is 1. The van der Waals surface area contributed by atoms with E-state index in [1.807, 2.05) is 25.1 Å². The van der Waals surface area contributed by atoms with Gasteiger partial charge in [-0.25, -0.2) is 15.8 Å². The standard InChI is InChI=1S/C12H13BrClN5/c1-2-8-11(16-6-17-12(8)19-15)18-7-3-4-9(13)10(14)5-7/h3-6H,2,15H2,1H3,(H2,16,17,18,19). The molecule has 0 bridgehead atoms. The lowest BCUT2D eigenvalue weighted by atomic mass is 10.2. The number of benzene rings is 1. The van der Waals surface area contributed by atoms with E-state index in [9.17, 15) is 0 Å². The van der Waals surface area contributed by atoms with Crippen LogP contribution in [0.1, 0.15) is 12.5 Å². The van der Waals surface area contributed by atoms with Crippen molar-refractivity contribution in [1.82, 2.24) is 9.97 Å². The normalized spacial score (nSPS) is 10.3. The number of hydrogen-bond acceptors (Lipinski definition) is 5. The highest BCUT2D eigenvalue weighted by molar-refractivity contribution is 9.10. The van der Waals surface area contributed by atoms with Gasteiger partial charge >= 0.3 is 0 Å². The molecule has 0 saturated carbocycles. The molecule has 2 rings (SSSR count). The summed E-state index contributed by atoms with van der Waals surface area (Å²) in [6, 6.07) is 5.61. The first-order valence-corrected chi connectivity index (χ1v) is 6.85. The molecule has 2 aromatic rings. The fraction of sp³-hybridized carbons (Fsp3) is 0.167. The molecule has 1 heterocycles. The summed E-state index contributed by atoms with van der Waals surface area (Å²) in [5.74, 6) is 6.76. The van der Waals surface area contributed by atoms with E-state index in [1.54, 1.807) is 0 Å². The highest BCUT2D eigenvalue weighted by atomic mass is 79.9. The number of nitrogen functional groups attached to an aromatic ring is 1. The Kier molecular flexibility index (Phi) is 4.57. The van der Waals surface area contributed by atoms with Crippen molar-refractivity contribution in [1.29, 1.82) is 0 Å². The third-order valence-electron chi connectivity index (χ3n) is 2.62. The zero-order chi connectivity index (χ0) is 13.8. The maximum Gasteiger partial charge on any atom is 0.148 e. The average Bonchev–Trinajstić information content (AvgIpc) is 2.42. The molecule has 0 radical (unpaired) electrons. The molecule has 0 spiro atoms. The maximum atomic E-state index is 6.06. The SMILES string of the molecule is CCc1c(NN)ncnc1Nc1ccc(Br)c(Cl)c1. The van der Waals surface area contributed by atoms with Gasteiger partial charge in [-0.15, -0.1) is 0 Å². The quantitative estimate of drug-likeness (QED) is 0.586. The van der Waals surface area contributed by atoms with E-state index < -0.39 is 0 Å². The lowest BCUT2D eigenvalue weighted by molar-refractivity contribution is 1.04. The predicted octanol–water partition coefficient (Wildman–Crippen LogP) is 3.48. The van der Waals surface area contributed by atoms with Crippen molar-refractivity contribution in [2.45, 2.75) is 13.3 Å². The third kappa shape index (κ3) is 3.15. The van der Waals surface area contributed by atoms with E-state index in [0.29, 0.717) is 16.7 Å². The van der Waals surface area contributed by atoms with Gasteiger partial charge in [0.25, 0.3) is 0 Å². The van der Waals surface area contributed by atoms with Crippen LogP contribution in [0.3, 0.4) is 0 Å². The van der Waals surface area contributed by atoms with Gasteiger partial charge in [-0.05, 0) is 40.5 Å². The second-order valence-electron chi connectivity index (χ2n) is 3.80. The van der Waals surface area contributed by atoms with Gasteiger partial charge in [-0.3, -0.25) is 0 Å². The molecule has 0 fully saturated rings. The molecule has 0 amide bonds. The average molecular weight is 343 g/mol. The third-order valence-corrected chi connectivity index (χ3v) is 3.85. The number of nitrogens with one attached hydrogen (secondary N) is 2. The van der Waals surface area contributed by atoms with Gasteiger partial charge in [-0.1, -0.05) is 18.5 Å². The van der Waals surface area contributed by atoms with Crippen LogP contribution in [-0.2, 0) is 6.42 Å². The summed E-state index contributed by atoms with van der Waals surface area (Å²) in [7, 11) is 0. The zero-order valence-electron chi connectivity index (χ0n) is 10.2. The number of rotatable bonds is 4.